The van der Waals surface area contributed by atoms with Crippen molar-refractivity contribution in [2.45, 2.75) is 32.6 Å². The first-order valence-corrected chi connectivity index (χ1v) is 7.55. The summed E-state index contributed by atoms with van der Waals surface area (Å²) in [5, 5.41) is 10.7. The lowest BCUT2D eigenvalue weighted by Crippen LogP contribution is -2.04. The molecule has 0 amide bonds. The molecule has 0 unspecified atom stereocenters. The molecule has 1 rings (SSSR count). The van der Waals surface area contributed by atoms with E-state index in [4.69, 9.17) is 9.47 Å². The molecule has 0 spiro atoms. The third kappa shape index (κ3) is 7.08. The Morgan fingerprint density at radius 3 is 2.71 bits per heavy atom. The predicted molar refractivity (Wildman–Crippen MR) is 81.4 cm³/mol. The van der Waals surface area contributed by atoms with E-state index in [9.17, 15) is 14.9 Å². The molecule has 0 aliphatic rings. The van der Waals surface area contributed by atoms with Crippen molar-refractivity contribution in [3.63, 3.8) is 0 Å². The second-order valence-corrected chi connectivity index (χ2v) is 5.28. The highest BCUT2D eigenvalue weighted by molar-refractivity contribution is 9.10. The Kier molecular flexibility index (Phi) is 7.74. The van der Waals surface area contributed by atoms with Crippen molar-refractivity contribution in [1.29, 1.82) is 0 Å². The molecule has 0 aliphatic carbocycles. The smallest absolute Gasteiger partial charge is 0.305 e. The summed E-state index contributed by atoms with van der Waals surface area (Å²) < 4.78 is 10.9. The third-order valence-corrected chi connectivity index (χ3v) is 3.12. The Bertz CT molecular complexity index is 492. The number of unbranched alkanes of at least 4 members (excludes halogenated alkanes) is 2. The summed E-state index contributed by atoms with van der Waals surface area (Å²) in [6.07, 6.45) is 2.78. The van der Waals surface area contributed by atoms with Crippen molar-refractivity contribution in [3.05, 3.63) is 32.8 Å². The van der Waals surface area contributed by atoms with Crippen molar-refractivity contribution >= 4 is 27.6 Å². The van der Waals surface area contributed by atoms with Crippen LogP contribution in [-0.2, 0) is 9.53 Å². The lowest BCUT2D eigenvalue weighted by molar-refractivity contribution is -0.385. The number of rotatable bonds is 9. The Balaban J connectivity index is 2.27. The van der Waals surface area contributed by atoms with E-state index in [0.29, 0.717) is 29.9 Å². The van der Waals surface area contributed by atoms with E-state index in [-0.39, 0.29) is 11.7 Å². The van der Waals surface area contributed by atoms with Gasteiger partial charge in [-0.2, -0.15) is 0 Å². The van der Waals surface area contributed by atoms with E-state index >= 15 is 0 Å². The standard InChI is InChI=1S/C14H18BrNO5/c1-2-20-14(17)6-4-3-5-7-21-13-9-11(15)8-12(10-13)16(18)19/h8-10H,2-7H2,1H3. The molecule has 0 saturated heterocycles. The number of ether oxygens (including phenoxy) is 2. The average molecular weight is 360 g/mol. The van der Waals surface area contributed by atoms with Crippen LogP contribution in [0.1, 0.15) is 32.6 Å². The van der Waals surface area contributed by atoms with Crippen LogP contribution in [0.5, 0.6) is 5.75 Å². The molecule has 0 heterocycles. The molecular formula is C14H18BrNO5. The van der Waals surface area contributed by atoms with Gasteiger partial charge in [0, 0.05) is 17.0 Å². The van der Waals surface area contributed by atoms with Crippen LogP contribution in [0.4, 0.5) is 5.69 Å². The molecule has 0 fully saturated rings. The minimum Gasteiger partial charge on any atom is -0.493 e. The zero-order valence-electron chi connectivity index (χ0n) is 11.8. The number of hydrogen-bond donors (Lipinski definition) is 0. The van der Waals surface area contributed by atoms with Crippen LogP contribution in [0.3, 0.4) is 0 Å². The Morgan fingerprint density at radius 2 is 2.05 bits per heavy atom. The fourth-order valence-electron chi connectivity index (χ4n) is 1.71. The van der Waals surface area contributed by atoms with Crippen LogP contribution in [0.15, 0.2) is 22.7 Å². The highest BCUT2D eigenvalue weighted by atomic mass is 79.9. The quantitative estimate of drug-likeness (QED) is 0.289. The largest absolute Gasteiger partial charge is 0.493 e. The van der Waals surface area contributed by atoms with Gasteiger partial charge in [-0.25, -0.2) is 0 Å². The lowest BCUT2D eigenvalue weighted by Gasteiger charge is -2.06. The van der Waals surface area contributed by atoms with Gasteiger partial charge in [-0.3, -0.25) is 14.9 Å². The van der Waals surface area contributed by atoms with Crippen molar-refractivity contribution < 1.29 is 19.2 Å². The summed E-state index contributed by atoms with van der Waals surface area (Å²) in [7, 11) is 0. The Hall–Kier alpha value is -1.63. The molecule has 1 aromatic rings. The molecule has 6 nitrogen and oxygen atoms in total. The molecule has 0 radical (unpaired) electrons. The molecule has 0 aromatic heterocycles. The first kappa shape index (κ1) is 17.4. The summed E-state index contributed by atoms with van der Waals surface area (Å²) in [5.41, 5.74) is -0.0123. The zero-order chi connectivity index (χ0) is 15.7. The highest BCUT2D eigenvalue weighted by Gasteiger charge is 2.09. The number of benzene rings is 1. The summed E-state index contributed by atoms with van der Waals surface area (Å²) in [4.78, 5) is 21.4. The fraction of sp³-hybridized carbons (Fsp3) is 0.500. The van der Waals surface area contributed by atoms with Gasteiger partial charge < -0.3 is 9.47 Å². The van der Waals surface area contributed by atoms with Gasteiger partial charge in [0.2, 0.25) is 0 Å². The van der Waals surface area contributed by atoms with E-state index in [2.05, 4.69) is 15.9 Å². The van der Waals surface area contributed by atoms with Crippen molar-refractivity contribution in [3.8, 4) is 5.75 Å². The summed E-state index contributed by atoms with van der Waals surface area (Å²) in [6, 6.07) is 4.50. The number of esters is 1. The van der Waals surface area contributed by atoms with Gasteiger partial charge in [0.25, 0.3) is 5.69 Å². The first-order valence-electron chi connectivity index (χ1n) is 6.76. The van der Waals surface area contributed by atoms with Crippen LogP contribution in [0.2, 0.25) is 0 Å². The molecular weight excluding hydrogens is 342 g/mol. The van der Waals surface area contributed by atoms with Gasteiger partial charge in [0.05, 0.1) is 24.2 Å². The highest BCUT2D eigenvalue weighted by Crippen LogP contribution is 2.26. The van der Waals surface area contributed by atoms with Gasteiger partial charge in [0.15, 0.2) is 0 Å². The zero-order valence-corrected chi connectivity index (χ0v) is 13.4. The van der Waals surface area contributed by atoms with Crippen LogP contribution in [-0.4, -0.2) is 24.1 Å². The molecule has 0 saturated carbocycles. The normalized spacial score (nSPS) is 10.2. The molecule has 116 valence electrons. The summed E-state index contributed by atoms with van der Waals surface area (Å²) in [5.74, 6) is 0.280. The second kappa shape index (κ2) is 9.33. The van der Waals surface area contributed by atoms with E-state index < -0.39 is 4.92 Å². The lowest BCUT2D eigenvalue weighted by atomic mass is 10.2. The maximum atomic E-state index is 11.1. The minimum atomic E-state index is -0.461. The van der Waals surface area contributed by atoms with Gasteiger partial charge >= 0.3 is 5.97 Å². The third-order valence-electron chi connectivity index (χ3n) is 2.67. The monoisotopic (exact) mass is 359 g/mol. The fourth-order valence-corrected chi connectivity index (χ4v) is 2.17. The number of nitrogens with zero attached hydrogens (tertiary/aromatic N) is 1. The molecule has 0 atom stereocenters. The van der Waals surface area contributed by atoms with Crippen molar-refractivity contribution in [1.82, 2.24) is 0 Å². The average Bonchev–Trinajstić information content (AvgIpc) is 2.42. The predicted octanol–water partition coefficient (Wildman–Crippen LogP) is 3.86. The van der Waals surface area contributed by atoms with Gasteiger partial charge in [-0.05, 0) is 32.3 Å². The van der Waals surface area contributed by atoms with Crippen molar-refractivity contribution in [2.24, 2.45) is 0 Å². The minimum absolute atomic E-state index is 0.0123. The number of hydrogen-bond acceptors (Lipinski definition) is 5. The number of halogens is 1. The Labute approximate surface area is 131 Å². The van der Waals surface area contributed by atoms with Crippen LogP contribution < -0.4 is 4.74 Å². The van der Waals surface area contributed by atoms with E-state index in [1.807, 2.05) is 0 Å². The number of nitro benzene ring substituents is 1. The maximum Gasteiger partial charge on any atom is 0.305 e. The number of carbonyl (C=O) groups is 1. The number of non-ortho nitro benzene ring substituents is 1. The van der Waals surface area contributed by atoms with Crippen LogP contribution in [0.25, 0.3) is 0 Å². The summed E-state index contributed by atoms with van der Waals surface area (Å²) >= 11 is 3.21. The van der Waals surface area contributed by atoms with E-state index in [1.165, 1.54) is 12.1 Å². The van der Waals surface area contributed by atoms with Gasteiger partial charge in [-0.1, -0.05) is 15.9 Å². The van der Waals surface area contributed by atoms with E-state index in [1.54, 1.807) is 13.0 Å². The molecule has 7 heteroatoms. The molecule has 0 bridgehead atoms. The van der Waals surface area contributed by atoms with Crippen LogP contribution in [0, 0.1) is 10.1 Å². The molecule has 1 aromatic carbocycles. The SMILES string of the molecule is CCOC(=O)CCCCCOc1cc(Br)cc([N+](=O)[O-])c1. The molecule has 21 heavy (non-hydrogen) atoms. The number of carbonyl (C=O) groups excluding carboxylic acids is 1. The van der Waals surface area contributed by atoms with Gasteiger partial charge in [0.1, 0.15) is 5.75 Å². The Morgan fingerprint density at radius 1 is 1.29 bits per heavy atom. The van der Waals surface area contributed by atoms with E-state index in [0.717, 1.165) is 19.3 Å². The summed E-state index contributed by atoms with van der Waals surface area (Å²) in [6.45, 7) is 2.64. The van der Waals surface area contributed by atoms with Crippen LogP contribution >= 0.6 is 15.9 Å². The molecule has 0 aliphatic heterocycles. The maximum absolute atomic E-state index is 11.1. The topological polar surface area (TPSA) is 78.7 Å². The number of nitro groups is 1. The van der Waals surface area contributed by atoms with Gasteiger partial charge in [-0.15, -0.1) is 0 Å². The molecule has 0 N–H and O–H groups in total. The first-order chi connectivity index (χ1) is 10.0. The second-order valence-electron chi connectivity index (χ2n) is 4.37. The van der Waals surface area contributed by atoms with Crippen molar-refractivity contribution in [2.75, 3.05) is 13.2 Å².